The van der Waals surface area contributed by atoms with Crippen LogP contribution in [0.1, 0.15) is 278 Å². The molecule has 366 valence electrons. The van der Waals surface area contributed by atoms with Crippen LogP contribution in [0.15, 0.2) is 48.6 Å². The number of carbonyl (C=O) groups excluding carboxylic acids is 3. The second kappa shape index (κ2) is 45.0. The second-order valence-electron chi connectivity index (χ2n) is 18.6. The lowest BCUT2D eigenvalue weighted by Gasteiger charge is -2.39. The first-order valence-electron chi connectivity index (χ1n) is 27.0. The number of rotatable bonds is 49. The Balaban J connectivity index is 5.01. The summed E-state index contributed by atoms with van der Waals surface area (Å²) in [6, 6.07) is 0. The molecular weight excluding hydrogens is 781 g/mol. The molecule has 2 atom stereocenters. The summed E-state index contributed by atoms with van der Waals surface area (Å²) in [4.78, 5) is 41.2. The van der Waals surface area contributed by atoms with Crippen molar-refractivity contribution in [2.45, 2.75) is 289 Å². The van der Waals surface area contributed by atoms with E-state index in [1.54, 1.807) is 0 Å². The second-order valence-corrected chi connectivity index (χ2v) is 18.6. The average Bonchev–Trinajstić information content (AvgIpc) is 3.29. The first kappa shape index (κ1) is 60.9. The lowest BCUT2D eigenvalue weighted by atomic mass is 9.71. The van der Waals surface area contributed by atoms with Crippen molar-refractivity contribution in [1.29, 1.82) is 0 Å². The molecule has 0 amide bonds. The maximum absolute atomic E-state index is 13.8. The van der Waals surface area contributed by atoms with Gasteiger partial charge >= 0.3 is 0 Å². The molecular formula is C57H102O6. The zero-order valence-corrected chi connectivity index (χ0v) is 41.7. The molecule has 0 fully saturated rings. The van der Waals surface area contributed by atoms with Crippen molar-refractivity contribution >= 4 is 17.3 Å². The van der Waals surface area contributed by atoms with Crippen LogP contribution in [0.5, 0.6) is 0 Å². The van der Waals surface area contributed by atoms with E-state index in [4.69, 9.17) is 0 Å². The van der Waals surface area contributed by atoms with E-state index in [1.807, 2.05) is 0 Å². The lowest BCUT2D eigenvalue weighted by molar-refractivity contribution is -0.194. The number of aliphatic hydroxyl groups is 3. The third kappa shape index (κ3) is 32.2. The Kier molecular flexibility index (Phi) is 43.5. The minimum atomic E-state index is -2.95. The fraction of sp³-hybridized carbons (Fsp3) is 0.807. The molecule has 0 radical (unpaired) electrons. The first-order valence-corrected chi connectivity index (χ1v) is 27.0. The highest BCUT2D eigenvalue weighted by molar-refractivity contribution is 6.16. The molecule has 0 aliphatic rings. The quantitative estimate of drug-likeness (QED) is 0.0319. The van der Waals surface area contributed by atoms with Gasteiger partial charge in [-0.1, -0.05) is 204 Å². The molecule has 0 aliphatic carbocycles. The molecule has 6 nitrogen and oxygen atoms in total. The number of hydrogen-bond acceptors (Lipinski definition) is 6. The highest BCUT2D eigenvalue weighted by atomic mass is 16.4. The molecule has 0 saturated heterocycles. The molecule has 0 heterocycles. The van der Waals surface area contributed by atoms with Crippen molar-refractivity contribution in [1.82, 2.24) is 0 Å². The summed E-state index contributed by atoms with van der Waals surface area (Å²) in [5.41, 5.74) is -5.79. The Morgan fingerprint density at radius 2 is 0.571 bits per heavy atom. The maximum Gasteiger partial charge on any atom is 0.219 e. The number of Topliss-reactive ketones (excluding diaryl/α,β-unsaturated/α-hetero) is 3. The monoisotopic (exact) mass is 883 g/mol. The van der Waals surface area contributed by atoms with E-state index >= 15 is 0 Å². The third-order valence-electron chi connectivity index (χ3n) is 12.8. The van der Waals surface area contributed by atoms with Gasteiger partial charge in [0.05, 0.1) is 6.61 Å². The van der Waals surface area contributed by atoms with E-state index in [2.05, 4.69) is 69.4 Å². The van der Waals surface area contributed by atoms with Gasteiger partial charge in [-0.15, -0.1) is 0 Å². The summed E-state index contributed by atoms with van der Waals surface area (Å²) in [6.45, 7) is 5.54. The van der Waals surface area contributed by atoms with Crippen LogP contribution < -0.4 is 0 Å². The van der Waals surface area contributed by atoms with E-state index in [0.29, 0.717) is 19.3 Å². The Bertz CT molecular complexity index is 1190. The summed E-state index contributed by atoms with van der Waals surface area (Å²) in [5, 5.41) is 34.1. The number of ketones is 3. The van der Waals surface area contributed by atoms with Crippen LogP contribution in [0, 0.1) is 0 Å². The van der Waals surface area contributed by atoms with Crippen LogP contribution in [0.3, 0.4) is 0 Å². The van der Waals surface area contributed by atoms with Crippen molar-refractivity contribution in [2.75, 3.05) is 6.61 Å². The Labute approximate surface area is 389 Å². The summed E-state index contributed by atoms with van der Waals surface area (Å²) < 4.78 is 0. The predicted molar refractivity (Wildman–Crippen MR) is 270 cm³/mol. The van der Waals surface area contributed by atoms with Gasteiger partial charge in [0.1, 0.15) is 0 Å². The van der Waals surface area contributed by atoms with Gasteiger partial charge in [-0.3, -0.25) is 14.4 Å². The van der Waals surface area contributed by atoms with Gasteiger partial charge in [-0.05, 0) is 103 Å². The van der Waals surface area contributed by atoms with E-state index < -0.39 is 35.2 Å². The molecule has 63 heavy (non-hydrogen) atoms. The SMILES string of the molecule is CCCCCC=CCC=CCCCCCCCC(=O)C(O)(C(=O)CCCCCCCC=CCCCCCCCC)C(O)(CO)C(=O)CCCCCCCC=CCCCCCCCC. The average molecular weight is 883 g/mol. The minimum absolute atomic E-state index is 0.102. The highest BCUT2D eigenvalue weighted by Crippen LogP contribution is 2.32. The van der Waals surface area contributed by atoms with Gasteiger partial charge in [-0.25, -0.2) is 0 Å². The predicted octanol–water partition coefficient (Wildman–Crippen LogP) is 16.0. The van der Waals surface area contributed by atoms with Crippen molar-refractivity contribution in [3.05, 3.63) is 48.6 Å². The highest BCUT2D eigenvalue weighted by Gasteiger charge is 2.62. The van der Waals surface area contributed by atoms with Crippen LogP contribution in [0.25, 0.3) is 0 Å². The van der Waals surface area contributed by atoms with Gasteiger partial charge in [0.15, 0.2) is 23.0 Å². The maximum atomic E-state index is 13.8. The molecule has 0 aromatic carbocycles. The molecule has 2 unspecified atom stereocenters. The zero-order valence-electron chi connectivity index (χ0n) is 41.7. The smallest absolute Gasteiger partial charge is 0.219 e. The Hall–Kier alpha value is -2.15. The number of unbranched alkanes of at least 4 members (excludes halogenated alkanes) is 30. The standard InChI is InChI=1S/C57H102O6/c1-4-7-10-13-16-19-22-25-28-31-34-37-40-43-46-49-53(59)56(62,52-58)57(63,54(60)50-47-44-41-38-35-32-29-26-23-20-17-14-11-8-5-2)55(61)51-48-45-42-39-36-33-30-27-24-21-18-15-12-9-6-3/h17,20,25-30,58,62-63H,4-16,18-19,21-24,31-52H2,1-3H3. The fourth-order valence-corrected chi connectivity index (χ4v) is 8.40. The van der Waals surface area contributed by atoms with E-state index in [1.165, 1.54) is 96.3 Å². The topological polar surface area (TPSA) is 112 Å². The molecule has 3 N–H and O–H groups in total. The number of carbonyl (C=O) groups is 3. The molecule has 0 bridgehead atoms. The summed E-state index contributed by atoms with van der Waals surface area (Å²) in [7, 11) is 0. The van der Waals surface area contributed by atoms with Crippen LogP contribution in [-0.2, 0) is 14.4 Å². The summed E-state index contributed by atoms with van der Waals surface area (Å²) in [5.74, 6) is -2.51. The molecule has 0 rings (SSSR count). The van der Waals surface area contributed by atoms with Crippen LogP contribution in [-0.4, -0.2) is 50.5 Å². The van der Waals surface area contributed by atoms with Crippen LogP contribution in [0.4, 0.5) is 0 Å². The molecule has 0 aromatic heterocycles. The number of allylic oxidation sites excluding steroid dienone is 8. The lowest BCUT2D eigenvalue weighted by Crippen LogP contribution is -2.69. The van der Waals surface area contributed by atoms with Crippen LogP contribution in [0.2, 0.25) is 0 Å². The molecule has 0 aromatic rings. The fourth-order valence-electron chi connectivity index (χ4n) is 8.40. The third-order valence-corrected chi connectivity index (χ3v) is 12.8. The Morgan fingerprint density at radius 1 is 0.333 bits per heavy atom. The normalized spacial score (nSPS) is 14.1. The van der Waals surface area contributed by atoms with Gasteiger partial charge < -0.3 is 15.3 Å². The van der Waals surface area contributed by atoms with Gasteiger partial charge in [0, 0.05) is 19.3 Å². The van der Waals surface area contributed by atoms with Crippen molar-refractivity contribution in [3.63, 3.8) is 0 Å². The molecule has 0 spiro atoms. The minimum Gasteiger partial charge on any atom is -0.393 e. The number of aliphatic hydroxyl groups excluding tert-OH is 1. The largest absolute Gasteiger partial charge is 0.393 e. The Morgan fingerprint density at radius 3 is 0.889 bits per heavy atom. The van der Waals surface area contributed by atoms with E-state index in [-0.39, 0.29) is 19.3 Å². The van der Waals surface area contributed by atoms with Crippen LogP contribution >= 0.6 is 0 Å². The van der Waals surface area contributed by atoms with E-state index in [9.17, 15) is 29.7 Å². The number of hydrogen-bond donors (Lipinski definition) is 3. The van der Waals surface area contributed by atoms with E-state index in [0.717, 1.165) is 122 Å². The first-order chi connectivity index (χ1) is 30.8. The molecule has 0 saturated carbocycles. The molecule has 0 aliphatic heterocycles. The van der Waals surface area contributed by atoms with Crippen molar-refractivity contribution in [3.8, 4) is 0 Å². The van der Waals surface area contributed by atoms with Crippen molar-refractivity contribution < 1.29 is 29.7 Å². The molecule has 6 heteroatoms. The summed E-state index contributed by atoms with van der Waals surface area (Å²) in [6.07, 6.45) is 57.4. The zero-order chi connectivity index (χ0) is 46.4. The van der Waals surface area contributed by atoms with Gasteiger partial charge in [0.25, 0.3) is 0 Å². The van der Waals surface area contributed by atoms with Gasteiger partial charge in [-0.2, -0.15) is 0 Å². The summed E-state index contributed by atoms with van der Waals surface area (Å²) >= 11 is 0. The van der Waals surface area contributed by atoms with Crippen molar-refractivity contribution in [2.24, 2.45) is 0 Å². The van der Waals surface area contributed by atoms with Gasteiger partial charge in [0.2, 0.25) is 5.60 Å².